The highest BCUT2D eigenvalue weighted by Gasteiger charge is 2.28. The van der Waals surface area contributed by atoms with Gasteiger partial charge in [-0.3, -0.25) is 4.99 Å². The van der Waals surface area contributed by atoms with E-state index in [0.717, 1.165) is 5.56 Å². The Morgan fingerprint density at radius 1 is 1.19 bits per heavy atom. The first-order chi connectivity index (χ1) is 11.9. The predicted octanol–water partition coefficient (Wildman–Crippen LogP) is 2.80. The number of alkyl halides is 3. The van der Waals surface area contributed by atoms with Gasteiger partial charge in [0.25, 0.3) is 0 Å². The van der Waals surface area contributed by atoms with E-state index in [1.807, 2.05) is 0 Å². The van der Waals surface area contributed by atoms with Gasteiger partial charge in [0.15, 0.2) is 18.4 Å². The average molecular weight is 485 g/mol. The first kappa shape index (κ1) is 22.0. The number of nitrogens with zero attached hydrogens (tertiary/aromatic N) is 3. The van der Waals surface area contributed by atoms with E-state index in [0.29, 0.717) is 30.8 Å². The third kappa shape index (κ3) is 7.89. The lowest BCUT2D eigenvalue weighted by atomic mass is 10.2. The van der Waals surface area contributed by atoms with Crippen LogP contribution in [-0.2, 0) is 13.1 Å². The lowest BCUT2D eigenvalue weighted by molar-refractivity contribution is -0.153. The Morgan fingerprint density at radius 2 is 1.85 bits per heavy atom. The number of aliphatic imine (C=N–C) groups is 1. The van der Waals surface area contributed by atoms with Gasteiger partial charge in [0.05, 0.1) is 6.54 Å². The van der Waals surface area contributed by atoms with Crippen LogP contribution in [0.4, 0.5) is 13.2 Å². The molecule has 1 aromatic heterocycles. The van der Waals surface area contributed by atoms with E-state index >= 15 is 0 Å². The van der Waals surface area contributed by atoms with Crippen molar-refractivity contribution in [2.24, 2.45) is 4.99 Å². The number of nitrogens with one attached hydrogen (secondary N) is 2. The lowest BCUT2D eigenvalue weighted by Gasteiger charge is -2.12. The van der Waals surface area contributed by atoms with Gasteiger partial charge in [-0.25, -0.2) is 0 Å². The molecular weight excluding hydrogens is 466 g/mol. The van der Waals surface area contributed by atoms with E-state index < -0.39 is 12.8 Å². The number of aryl methyl sites for hydroxylation is 1. The van der Waals surface area contributed by atoms with Crippen molar-refractivity contribution >= 4 is 29.9 Å². The molecule has 26 heavy (non-hydrogen) atoms. The van der Waals surface area contributed by atoms with E-state index in [1.54, 1.807) is 26.1 Å². The van der Waals surface area contributed by atoms with Gasteiger partial charge in [-0.05, 0) is 24.6 Å². The minimum Gasteiger partial charge on any atom is -0.484 e. The van der Waals surface area contributed by atoms with Crippen molar-refractivity contribution < 1.29 is 22.4 Å². The van der Waals surface area contributed by atoms with Crippen LogP contribution in [0, 0.1) is 6.92 Å². The fourth-order valence-corrected chi connectivity index (χ4v) is 1.85. The standard InChI is InChI=1S/C15H18F3N5O2.HI/c1-10-22-13(25-23-10)8-21-14(19-2)20-7-11-3-5-12(6-4-11)24-9-15(16,17)18;/h3-6H,7-9H2,1-2H3,(H2,19,20,21);1H. The molecule has 144 valence electrons. The molecule has 0 fully saturated rings. The maximum Gasteiger partial charge on any atom is 0.422 e. The van der Waals surface area contributed by atoms with Crippen molar-refractivity contribution in [2.45, 2.75) is 26.2 Å². The van der Waals surface area contributed by atoms with Crippen LogP contribution in [0.1, 0.15) is 17.3 Å². The number of guanidine groups is 1. The maximum absolute atomic E-state index is 12.1. The van der Waals surface area contributed by atoms with E-state index in [4.69, 9.17) is 4.52 Å². The molecule has 0 radical (unpaired) electrons. The molecule has 0 amide bonds. The van der Waals surface area contributed by atoms with Crippen molar-refractivity contribution in [1.29, 1.82) is 0 Å². The van der Waals surface area contributed by atoms with Gasteiger partial charge in [0.1, 0.15) is 5.75 Å². The van der Waals surface area contributed by atoms with Gasteiger partial charge in [0.2, 0.25) is 5.89 Å². The van der Waals surface area contributed by atoms with E-state index in [-0.39, 0.29) is 29.7 Å². The van der Waals surface area contributed by atoms with Crippen molar-refractivity contribution in [1.82, 2.24) is 20.8 Å². The van der Waals surface area contributed by atoms with Crippen molar-refractivity contribution in [3.8, 4) is 5.75 Å². The summed E-state index contributed by atoms with van der Waals surface area (Å²) in [4.78, 5) is 8.12. The van der Waals surface area contributed by atoms with Crippen LogP contribution >= 0.6 is 24.0 Å². The number of benzene rings is 1. The molecule has 0 saturated heterocycles. The lowest BCUT2D eigenvalue weighted by Crippen LogP contribution is -2.36. The third-order valence-corrected chi connectivity index (χ3v) is 2.99. The summed E-state index contributed by atoms with van der Waals surface area (Å²) in [5.74, 6) is 1.67. The molecule has 11 heteroatoms. The summed E-state index contributed by atoms with van der Waals surface area (Å²) < 4.78 is 45.9. The molecule has 1 aromatic carbocycles. The fourth-order valence-electron chi connectivity index (χ4n) is 1.85. The first-order valence-corrected chi connectivity index (χ1v) is 7.38. The molecule has 0 saturated carbocycles. The van der Waals surface area contributed by atoms with Crippen LogP contribution in [0.3, 0.4) is 0 Å². The Labute approximate surface area is 165 Å². The van der Waals surface area contributed by atoms with Crippen molar-refractivity contribution in [2.75, 3.05) is 13.7 Å². The maximum atomic E-state index is 12.1. The van der Waals surface area contributed by atoms with E-state index in [1.165, 1.54) is 12.1 Å². The summed E-state index contributed by atoms with van der Waals surface area (Å²) >= 11 is 0. The highest BCUT2D eigenvalue weighted by Crippen LogP contribution is 2.18. The Hall–Kier alpha value is -2.05. The molecule has 0 atom stereocenters. The van der Waals surface area contributed by atoms with Crippen LogP contribution in [0.2, 0.25) is 0 Å². The quantitative estimate of drug-likeness (QED) is 0.372. The zero-order valence-electron chi connectivity index (χ0n) is 14.1. The first-order valence-electron chi connectivity index (χ1n) is 7.38. The molecular formula is C15H19F3IN5O2. The number of halogens is 4. The summed E-state index contributed by atoms with van der Waals surface area (Å²) in [6, 6.07) is 6.32. The average Bonchev–Trinajstić information content (AvgIpc) is 2.99. The third-order valence-electron chi connectivity index (χ3n) is 2.99. The largest absolute Gasteiger partial charge is 0.484 e. The summed E-state index contributed by atoms with van der Waals surface area (Å²) in [6.45, 7) is 1.17. The summed E-state index contributed by atoms with van der Waals surface area (Å²) in [6.07, 6.45) is -4.35. The smallest absolute Gasteiger partial charge is 0.422 e. The Kier molecular flexibility index (Phi) is 8.61. The van der Waals surface area contributed by atoms with E-state index in [2.05, 4.69) is 30.5 Å². The molecule has 2 rings (SSSR count). The van der Waals surface area contributed by atoms with Gasteiger partial charge in [-0.1, -0.05) is 17.3 Å². The summed E-state index contributed by atoms with van der Waals surface area (Å²) in [5, 5.41) is 9.76. The summed E-state index contributed by atoms with van der Waals surface area (Å²) in [5.41, 5.74) is 0.857. The molecule has 1 heterocycles. The van der Waals surface area contributed by atoms with Crippen LogP contribution < -0.4 is 15.4 Å². The van der Waals surface area contributed by atoms with Crippen LogP contribution in [0.5, 0.6) is 5.75 Å². The minimum absolute atomic E-state index is 0. The van der Waals surface area contributed by atoms with Crippen molar-refractivity contribution in [3.63, 3.8) is 0 Å². The summed E-state index contributed by atoms with van der Waals surface area (Å²) in [7, 11) is 1.61. The van der Waals surface area contributed by atoms with Crippen molar-refractivity contribution in [3.05, 3.63) is 41.5 Å². The second kappa shape index (κ2) is 10.2. The van der Waals surface area contributed by atoms with Crippen LogP contribution in [0.15, 0.2) is 33.8 Å². The molecule has 0 aliphatic heterocycles. The van der Waals surface area contributed by atoms with Crippen LogP contribution in [-0.4, -0.2) is 35.9 Å². The second-order valence-corrected chi connectivity index (χ2v) is 5.06. The Morgan fingerprint density at radius 3 is 2.38 bits per heavy atom. The number of hydrogen-bond donors (Lipinski definition) is 2. The molecule has 0 aliphatic rings. The highest BCUT2D eigenvalue weighted by molar-refractivity contribution is 14.0. The molecule has 0 unspecified atom stereocenters. The Bertz CT molecular complexity index is 704. The molecule has 2 N–H and O–H groups in total. The topological polar surface area (TPSA) is 84.6 Å². The highest BCUT2D eigenvalue weighted by atomic mass is 127. The fraction of sp³-hybridized carbons (Fsp3) is 0.400. The van der Waals surface area contributed by atoms with Crippen LogP contribution in [0.25, 0.3) is 0 Å². The predicted molar refractivity (Wildman–Crippen MR) is 99.5 cm³/mol. The monoisotopic (exact) mass is 485 g/mol. The van der Waals surface area contributed by atoms with E-state index in [9.17, 15) is 13.2 Å². The Balaban J connectivity index is 0.00000338. The molecule has 0 spiro atoms. The van der Waals surface area contributed by atoms with Gasteiger partial charge in [0, 0.05) is 13.6 Å². The van der Waals surface area contributed by atoms with Gasteiger partial charge in [-0.15, -0.1) is 24.0 Å². The van der Waals surface area contributed by atoms with Gasteiger partial charge >= 0.3 is 6.18 Å². The van der Waals surface area contributed by atoms with Gasteiger partial charge in [-0.2, -0.15) is 18.2 Å². The molecule has 0 aliphatic carbocycles. The number of ether oxygens (including phenoxy) is 1. The normalized spacial score (nSPS) is 11.7. The molecule has 0 bridgehead atoms. The minimum atomic E-state index is -4.35. The zero-order valence-corrected chi connectivity index (χ0v) is 16.5. The molecule has 2 aromatic rings. The molecule has 7 nitrogen and oxygen atoms in total. The van der Waals surface area contributed by atoms with Gasteiger partial charge < -0.3 is 19.9 Å². The second-order valence-electron chi connectivity index (χ2n) is 5.06. The SMILES string of the molecule is CN=C(NCc1ccc(OCC(F)(F)F)cc1)NCc1nc(C)no1.I. The zero-order chi connectivity index (χ0) is 18.3. The number of rotatable bonds is 6. The number of hydrogen-bond acceptors (Lipinski definition) is 5. The number of aromatic nitrogens is 2.